The van der Waals surface area contributed by atoms with Gasteiger partial charge in [0.05, 0.1) is 13.5 Å². The molecule has 8 nitrogen and oxygen atoms in total. The van der Waals surface area contributed by atoms with Crippen LogP contribution in [0.1, 0.15) is 50.0 Å². The summed E-state index contributed by atoms with van der Waals surface area (Å²) >= 11 is 0. The molecule has 1 fully saturated rings. The third-order valence-corrected chi connectivity index (χ3v) is 5.51. The first kappa shape index (κ1) is 25.1. The SMILES string of the molecule is COc1ccc(CN(CCc2ccccc2)C(=O)OC(C)(C)C)c(C2OC(=O)CC2C(=O)O)c1. The van der Waals surface area contributed by atoms with E-state index < -0.39 is 35.7 Å². The highest BCUT2D eigenvalue weighted by atomic mass is 16.6. The molecule has 1 aliphatic rings. The maximum Gasteiger partial charge on any atom is 0.410 e. The Morgan fingerprint density at radius 1 is 1.15 bits per heavy atom. The Labute approximate surface area is 199 Å². The van der Waals surface area contributed by atoms with Crippen LogP contribution in [0.5, 0.6) is 5.75 Å². The Morgan fingerprint density at radius 2 is 1.85 bits per heavy atom. The fraction of sp³-hybridized carbons (Fsp3) is 0.423. The van der Waals surface area contributed by atoms with Gasteiger partial charge in [-0.2, -0.15) is 0 Å². The summed E-state index contributed by atoms with van der Waals surface area (Å²) in [5.74, 6) is -2.20. The molecule has 0 radical (unpaired) electrons. The molecule has 182 valence electrons. The lowest BCUT2D eigenvalue weighted by Crippen LogP contribution is -2.38. The van der Waals surface area contributed by atoms with Crippen molar-refractivity contribution in [3.8, 4) is 5.75 Å². The van der Waals surface area contributed by atoms with Gasteiger partial charge in [-0.1, -0.05) is 36.4 Å². The minimum atomic E-state index is -1.11. The maximum atomic E-state index is 13.1. The molecule has 0 spiro atoms. The van der Waals surface area contributed by atoms with E-state index >= 15 is 0 Å². The van der Waals surface area contributed by atoms with Crippen molar-refractivity contribution in [2.24, 2.45) is 5.92 Å². The van der Waals surface area contributed by atoms with Crippen LogP contribution in [-0.4, -0.2) is 47.3 Å². The number of aliphatic carboxylic acids is 1. The summed E-state index contributed by atoms with van der Waals surface area (Å²) in [4.78, 5) is 38.4. The summed E-state index contributed by atoms with van der Waals surface area (Å²) in [5.41, 5.74) is 1.55. The van der Waals surface area contributed by atoms with E-state index in [0.29, 0.717) is 29.8 Å². The number of hydrogen-bond donors (Lipinski definition) is 1. The van der Waals surface area contributed by atoms with Crippen molar-refractivity contribution in [1.29, 1.82) is 0 Å². The predicted molar refractivity (Wildman–Crippen MR) is 124 cm³/mol. The second-order valence-corrected chi connectivity index (χ2v) is 9.26. The number of ether oxygens (including phenoxy) is 3. The second kappa shape index (κ2) is 10.6. The molecule has 1 amide bonds. The molecule has 3 rings (SSSR count). The van der Waals surface area contributed by atoms with Crippen LogP contribution in [0.25, 0.3) is 0 Å². The number of nitrogens with zero attached hydrogens (tertiary/aromatic N) is 1. The van der Waals surface area contributed by atoms with E-state index in [-0.39, 0.29) is 13.0 Å². The Morgan fingerprint density at radius 3 is 2.47 bits per heavy atom. The number of hydrogen-bond acceptors (Lipinski definition) is 6. The summed E-state index contributed by atoms with van der Waals surface area (Å²) in [6, 6.07) is 14.9. The first-order chi connectivity index (χ1) is 16.1. The number of methoxy groups -OCH3 is 1. The van der Waals surface area contributed by atoms with Gasteiger partial charge >= 0.3 is 18.0 Å². The van der Waals surface area contributed by atoms with Crippen LogP contribution < -0.4 is 4.74 Å². The van der Waals surface area contributed by atoms with Crippen LogP contribution in [0.4, 0.5) is 4.79 Å². The highest BCUT2D eigenvalue weighted by Gasteiger charge is 2.42. The van der Waals surface area contributed by atoms with Crippen LogP contribution in [-0.2, 0) is 32.0 Å². The van der Waals surface area contributed by atoms with Crippen molar-refractivity contribution >= 4 is 18.0 Å². The van der Waals surface area contributed by atoms with E-state index in [0.717, 1.165) is 5.56 Å². The fourth-order valence-electron chi connectivity index (χ4n) is 3.84. The van der Waals surface area contributed by atoms with Gasteiger partial charge in [0.1, 0.15) is 23.4 Å². The minimum Gasteiger partial charge on any atom is -0.497 e. The Hall–Kier alpha value is -3.55. The number of carboxylic acid groups (broad SMARTS) is 1. The average Bonchev–Trinajstić information content (AvgIpc) is 3.18. The number of esters is 1. The second-order valence-electron chi connectivity index (χ2n) is 9.26. The van der Waals surface area contributed by atoms with Gasteiger partial charge in [-0.05, 0) is 50.5 Å². The first-order valence-electron chi connectivity index (χ1n) is 11.2. The summed E-state index contributed by atoms with van der Waals surface area (Å²) in [6.07, 6.45) is -1.05. The number of carboxylic acids is 1. The summed E-state index contributed by atoms with van der Waals surface area (Å²) in [7, 11) is 1.50. The molecule has 2 aromatic carbocycles. The molecular weight excluding hydrogens is 438 g/mol. The molecule has 0 bridgehead atoms. The van der Waals surface area contributed by atoms with Crippen molar-refractivity contribution in [3.05, 3.63) is 65.2 Å². The Kier molecular flexibility index (Phi) is 7.81. The quantitative estimate of drug-likeness (QED) is 0.573. The number of rotatable bonds is 8. The average molecular weight is 470 g/mol. The van der Waals surface area contributed by atoms with Crippen LogP contribution in [0.3, 0.4) is 0 Å². The van der Waals surface area contributed by atoms with Gasteiger partial charge in [0.15, 0.2) is 0 Å². The van der Waals surface area contributed by atoms with Crippen LogP contribution in [0.2, 0.25) is 0 Å². The molecule has 1 heterocycles. The third kappa shape index (κ3) is 6.50. The van der Waals surface area contributed by atoms with Gasteiger partial charge in [0.25, 0.3) is 0 Å². The lowest BCUT2D eigenvalue weighted by molar-refractivity contribution is -0.144. The number of carbonyl (C=O) groups is 3. The molecule has 0 saturated carbocycles. The van der Waals surface area contributed by atoms with E-state index in [1.807, 2.05) is 30.3 Å². The molecule has 2 unspecified atom stereocenters. The van der Waals surface area contributed by atoms with E-state index in [4.69, 9.17) is 14.2 Å². The molecule has 8 heteroatoms. The zero-order valence-electron chi connectivity index (χ0n) is 19.9. The summed E-state index contributed by atoms with van der Waals surface area (Å²) < 4.78 is 16.4. The number of benzene rings is 2. The largest absolute Gasteiger partial charge is 0.497 e. The zero-order chi connectivity index (χ0) is 24.9. The van der Waals surface area contributed by atoms with E-state index in [9.17, 15) is 19.5 Å². The van der Waals surface area contributed by atoms with Gasteiger partial charge in [0, 0.05) is 18.7 Å². The van der Waals surface area contributed by atoms with E-state index in [1.54, 1.807) is 43.9 Å². The van der Waals surface area contributed by atoms with Crippen LogP contribution in [0, 0.1) is 5.92 Å². The van der Waals surface area contributed by atoms with Crippen LogP contribution >= 0.6 is 0 Å². The molecule has 1 aliphatic heterocycles. The van der Waals surface area contributed by atoms with E-state index in [2.05, 4.69) is 0 Å². The normalized spacial score (nSPS) is 17.7. The standard InChI is InChI=1S/C26H31NO7/c1-26(2,3)34-25(31)27(13-12-17-8-6-5-7-9-17)16-18-10-11-19(32-4)14-20(18)23-21(24(29)30)15-22(28)33-23/h5-11,14,21,23H,12-13,15-16H2,1-4H3,(H,29,30). The predicted octanol–water partition coefficient (Wildman–Crippen LogP) is 4.36. The fourth-order valence-corrected chi connectivity index (χ4v) is 3.84. The van der Waals surface area contributed by atoms with Crippen molar-refractivity contribution in [2.75, 3.05) is 13.7 Å². The number of cyclic esters (lactones) is 1. The molecule has 2 atom stereocenters. The number of carbonyl (C=O) groups excluding carboxylic acids is 2. The van der Waals surface area contributed by atoms with Crippen molar-refractivity contribution in [2.45, 2.75) is 51.9 Å². The van der Waals surface area contributed by atoms with Gasteiger partial charge in [-0.25, -0.2) is 4.79 Å². The van der Waals surface area contributed by atoms with Crippen molar-refractivity contribution in [1.82, 2.24) is 4.90 Å². The molecule has 34 heavy (non-hydrogen) atoms. The topological polar surface area (TPSA) is 102 Å². The molecule has 2 aromatic rings. The minimum absolute atomic E-state index is 0.154. The highest BCUT2D eigenvalue weighted by Crippen LogP contribution is 2.39. The molecule has 1 N–H and O–H groups in total. The zero-order valence-corrected chi connectivity index (χ0v) is 19.9. The lowest BCUT2D eigenvalue weighted by Gasteiger charge is -2.29. The monoisotopic (exact) mass is 469 g/mol. The summed E-state index contributed by atoms with van der Waals surface area (Å²) in [5, 5.41) is 9.64. The Bertz CT molecular complexity index is 1030. The van der Waals surface area contributed by atoms with Crippen molar-refractivity contribution in [3.63, 3.8) is 0 Å². The first-order valence-corrected chi connectivity index (χ1v) is 11.2. The van der Waals surface area contributed by atoms with Crippen LogP contribution in [0.15, 0.2) is 48.5 Å². The Balaban J connectivity index is 1.93. The highest BCUT2D eigenvalue weighted by molar-refractivity contribution is 5.83. The number of amides is 1. The van der Waals surface area contributed by atoms with E-state index in [1.165, 1.54) is 7.11 Å². The smallest absolute Gasteiger partial charge is 0.410 e. The molecule has 0 aliphatic carbocycles. The third-order valence-electron chi connectivity index (χ3n) is 5.51. The van der Waals surface area contributed by atoms with Gasteiger partial charge in [-0.3, -0.25) is 9.59 Å². The molecule has 0 aromatic heterocycles. The lowest BCUT2D eigenvalue weighted by atomic mass is 9.91. The van der Waals surface area contributed by atoms with Crippen molar-refractivity contribution < 1.29 is 33.7 Å². The van der Waals surface area contributed by atoms with Gasteiger partial charge < -0.3 is 24.2 Å². The van der Waals surface area contributed by atoms with Gasteiger partial charge in [-0.15, -0.1) is 0 Å². The molecule has 1 saturated heterocycles. The molecular formula is C26H31NO7. The van der Waals surface area contributed by atoms with Gasteiger partial charge in [0.2, 0.25) is 0 Å². The maximum absolute atomic E-state index is 13.1. The summed E-state index contributed by atoms with van der Waals surface area (Å²) in [6.45, 7) is 5.94.